The molecule has 0 bridgehead atoms. The molecule has 1 aliphatic heterocycles. The SMILES string of the molecule is [C-]#[N+]c1cccc([N+]2=Cc3cccc(C)c3SC2)c1. The zero-order valence-electron chi connectivity index (χ0n) is 10.6. The van der Waals surface area contributed by atoms with Crippen LogP contribution in [0.5, 0.6) is 0 Å². The molecule has 0 N–H and O–H groups in total. The van der Waals surface area contributed by atoms with E-state index in [9.17, 15) is 0 Å². The lowest BCUT2D eigenvalue weighted by Gasteiger charge is -2.13. The summed E-state index contributed by atoms with van der Waals surface area (Å²) in [5.41, 5.74) is 4.34. The Morgan fingerprint density at radius 3 is 2.89 bits per heavy atom. The largest absolute Gasteiger partial charge is 0.238 e. The van der Waals surface area contributed by atoms with Gasteiger partial charge in [0.1, 0.15) is 0 Å². The van der Waals surface area contributed by atoms with Crippen molar-refractivity contribution in [2.24, 2.45) is 0 Å². The minimum absolute atomic E-state index is 0.686. The van der Waals surface area contributed by atoms with E-state index in [4.69, 9.17) is 6.57 Å². The zero-order valence-corrected chi connectivity index (χ0v) is 11.4. The molecule has 0 atom stereocenters. The van der Waals surface area contributed by atoms with Crippen molar-refractivity contribution in [3.63, 3.8) is 0 Å². The first kappa shape index (κ1) is 12.0. The molecule has 0 fully saturated rings. The molecule has 1 aliphatic rings. The van der Waals surface area contributed by atoms with E-state index in [-0.39, 0.29) is 0 Å². The standard InChI is InChI=1S/C16H13N2S/c1-12-5-3-6-13-10-18(11-19-16(12)13)15-8-4-7-14(9-15)17-2/h3-10H,11H2,1H3/q+1. The molecule has 0 saturated carbocycles. The average Bonchev–Trinajstić information content (AvgIpc) is 2.47. The Kier molecular flexibility index (Phi) is 3.10. The molecule has 3 rings (SSSR count). The van der Waals surface area contributed by atoms with Crippen LogP contribution in [0, 0.1) is 13.5 Å². The smallest absolute Gasteiger partial charge is 0.199 e. The van der Waals surface area contributed by atoms with Crippen LogP contribution in [-0.2, 0) is 0 Å². The van der Waals surface area contributed by atoms with E-state index in [0.717, 1.165) is 11.6 Å². The number of aryl methyl sites for hydroxylation is 1. The molecule has 0 spiro atoms. The Morgan fingerprint density at radius 2 is 2.05 bits per heavy atom. The van der Waals surface area contributed by atoms with Crippen LogP contribution >= 0.6 is 11.8 Å². The molecule has 19 heavy (non-hydrogen) atoms. The summed E-state index contributed by atoms with van der Waals surface area (Å²) < 4.78 is 2.20. The van der Waals surface area contributed by atoms with E-state index in [1.807, 2.05) is 36.0 Å². The summed E-state index contributed by atoms with van der Waals surface area (Å²) >= 11 is 1.85. The molecule has 0 saturated heterocycles. The maximum atomic E-state index is 7.09. The molecular weight excluding hydrogens is 252 g/mol. The highest BCUT2D eigenvalue weighted by Crippen LogP contribution is 2.31. The van der Waals surface area contributed by atoms with E-state index < -0.39 is 0 Å². The lowest BCUT2D eigenvalue weighted by atomic mass is 10.1. The average molecular weight is 265 g/mol. The number of benzene rings is 2. The fourth-order valence-corrected chi connectivity index (χ4v) is 3.28. The van der Waals surface area contributed by atoms with Crippen LogP contribution < -0.4 is 0 Å². The summed E-state index contributed by atoms with van der Waals surface area (Å²) in [6, 6.07) is 14.1. The van der Waals surface area contributed by atoms with E-state index in [1.54, 1.807) is 0 Å². The second kappa shape index (κ2) is 4.91. The third kappa shape index (κ3) is 2.27. The zero-order chi connectivity index (χ0) is 13.2. The van der Waals surface area contributed by atoms with Gasteiger partial charge >= 0.3 is 0 Å². The van der Waals surface area contributed by atoms with Crippen molar-refractivity contribution in [1.82, 2.24) is 0 Å². The third-order valence-corrected chi connectivity index (χ3v) is 4.43. The van der Waals surface area contributed by atoms with Gasteiger partial charge in [0, 0.05) is 17.0 Å². The molecule has 0 unspecified atom stereocenters. The Hall–Kier alpha value is -2.05. The predicted molar refractivity (Wildman–Crippen MR) is 79.7 cm³/mol. The predicted octanol–water partition coefficient (Wildman–Crippen LogP) is 4.37. The maximum Gasteiger partial charge on any atom is 0.199 e. The Bertz CT molecular complexity index is 711. The lowest BCUT2D eigenvalue weighted by molar-refractivity contribution is -0.411. The summed E-state index contributed by atoms with van der Waals surface area (Å²) in [6.07, 6.45) is 2.17. The van der Waals surface area contributed by atoms with Crippen LogP contribution in [0.1, 0.15) is 11.1 Å². The Morgan fingerprint density at radius 1 is 1.21 bits per heavy atom. The third-order valence-electron chi connectivity index (χ3n) is 3.18. The second-order valence-electron chi connectivity index (χ2n) is 4.50. The first-order valence-electron chi connectivity index (χ1n) is 6.09. The summed E-state index contributed by atoms with van der Waals surface area (Å²) in [7, 11) is 0. The second-order valence-corrected chi connectivity index (χ2v) is 5.45. The van der Waals surface area contributed by atoms with Gasteiger partial charge in [0.2, 0.25) is 0 Å². The van der Waals surface area contributed by atoms with Crippen LogP contribution in [-0.4, -0.2) is 16.7 Å². The first-order chi connectivity index (χ1) is 9.28. The molecule has 0 aliphatic carbocycles. The van der Waals surface area contributed by atoms with E-state index in [1.165, 1.54) is 16.0 Å². The van der Waals surface area contributed by atoms with Crippen LogP contribution in [0.25, 0.3) is 4.85 Å². The van der Waals surface area contributed by atoms with Gasteiger partial charge < -0.3 is 0 Å². The summed E-state index contributed by atoms with van der Waals surface area (Å²) in [4.78, 5) is 4.85. The fourth-order valence-electron chi connectivity index (χ4n) is 2.20. The van der Waals surface area contributed by atoms with Crippen molar-refractivity contribution in [2.75, 3.05) is 5.88 Å². The highest BCUT2D eigenvalue weighted by molar-refractivity contribution is 7.99. The van der Waals surface area contributed by atoms with Crippen molar-refractivity contribution in [2.45, 2.75) is 11.8 Å². The first-order valence-corrected chi connectivity index (χ1v) is 7.08. The van der Waals surface area contributed by atoms with Crippen molar-refractivity contribution >= 4 is 29.4 Å². The number of rotatable bonds is 1. The van der Waals surface area contributed by atoms with Crippen molar-refractivity contribution in [3.8, 4) is 0 Å². The van der Waals surface area contributed by atoms with E-state index in [2.05, 4.69) is 40.8 Å². The topological polar surface area (TPSA) is 7.37 Å². The van der Waals surface area contributed by atoms with Crippen LogP contribution in [0.3, 0.4) is 0 Å². The minimum atomic E-state index is 0.686. The van der Waals surface area contributed by atoms with Gasteiger partial charge in [0.05, 0.1) is 12.1 Å². The number of fused-ring (bicyclic) bond motifs is 1. The number of hydrogen-bond acceptors (Lipinski definition) is 1. The molecule has 0 amide bonds. The molecule has 3 heteroatoms. The Labute approximate surface area is 117 Å². The van der Waals surface area contributed by atoms with Gasteiger partial charge in [-0.2, -0.15) is 4.58 Å². The molecular formula is C16H13N2S+. The normalized spacial score (nSPS) is 13.4. The lowest BCUT2D eigenvalue weighted by Crippen LogP contribution is -2.13. The van der Waals surface area contributed by atoms with Crippen molar-refractivity contribution in [3.05, 3.63) is 65.0 Å². The summed E-state index contributed by atoms with van der Waals surface area (Å²) in [5.74, 6) is 0.888. The summed E-state index contributed by atoms with van der Waals surface area (Å²) in [5, 5.41) is 0. The minimum Gasteiger partial charge on any atom is -0.238 e. The highest BCUT2D eigenvalue weighted by atomic mass is 32.2. The molecule has 2 aromatic rings. The molecule has 2 nitrogen and oxygen atoms in total. The van der Waals surface area contributed by atoms with Gasteiger partial charge in [-0.3, -0.25) is 0 Å². The Balaban J connectivity index is 2.06. The van der Waals surface area contributed by atoms with Gasteiger partial charge in [-0.25, -0.2) is 4.85 Å². The molecule has 0 radical (unpaired) electrons. The molecule has 92 valence electrons. The van der Waals surface area contributed by atoms with E-state index >= 15 is 0 Å². The fraction of sp³-hybridized carbons (Fsp3) is 0.125. The van der Waals surface area contributed by atoms with E-state index in [0.29, 0.717) is 5.69 Å². The highest BCUT2D eigenvalue weighted by Gasteiger charge is 2.19. The molecule has 0 aromatic heterocycles. The molecule has 1 heterocycles. The summed E-state index contributed by atoms with van der Waals surface area (Å²) in [6.45, 7) is 9.24. The van der Waals surface area contributed by atoms with Gasteiger partial charge in [-0.15, -0.1) is 0 Å². The van der Waals surface area contributed by atoms with Crippen LogP contribution in [0.4, 0.5) is 11.4 Å². The van der Waals surface area contributed by atoms with Crippen LogP contribution in [0.2, 0.25) is 0 Å². The monoisotopic (exact) mass is 265 g/mol. The van der Waals surface area contributed by atoms with Crippen molar-refractivity contribution < 1.29 is 4.58 Å². The number of thioether (sulfide) groups is 1. The quantitative estimate of drug-likeness (QED) is 0.548. The van der Waals surface area contributed by atoms with Gasteiger partial charge in [0.15, 0.2) is 23.5 Å². The van der Waals surface area contributed by atoms with Gasteiger partial charge in [-0.1, -0.05) is 36.0 Å². The molecule has 2 aromatic carbocycles. The maximum absolute atomic E-state index is 7.09. The number of nitrogens with zero attached hydrogens (tertiary/aromatic N) is 2. The van der Waals surface area contributed by atoms with Crippen LogP contribution in [0.15, 0.2) is 47.4 Å². The number of hydrogen-bond donors (Lipinski definition) is 0. The van der Waals surface area contributed by atoms with Gasteiger partial charge in [-0.05, 0) is 18.6 Å². The van der Waals surface area contributed by atoms with Gasteiger partial charge in [0.25, 0.3) is 0 Å². The van der Waals surface area contributed by atoms with Crippen molar-refractivity contribution in [1.29, 1.82) is 0 Å².